The zero-order valence-corrected chi connectivity index (χ0v) is 12.6. The highest BCUT2D eigenvalue weighted by atomic mass is 16.6. The van der Waals surface area contributed by atoms with E-state index in [1.807, 2.05) is 0 Å². The Kier molecular flexibility index (Phi) is 4.18. The van der Waals surface area contributed by atoms with E-state index in [9.17, 15) is 14.7 Å². The monoisotopic (exact) mass is 317 g/mol. The Morgan fingerprint density at radius 2 is 1.96 bits per heavy atom. The Labute approximate surface area is 133 Å². The number of hydrogen-bond acceptors (Lipinski definition) is 5. The van der Waals surface area contributed by atoms with E-state index in [1.165, 1.54) is 0 Å². The van der Waals surface area contributed by atoms with Crippen LogP contribution in [0.5, 0.6) is 5.75 Å². The first-order chi connectivity index (χ1) is 11.1. The maximum atomic E-state index is 12.5. The van der Waals surface area contributed by atoms with Gasteiger partial charge in [-0.2, -0.15) is 0 Å². The third-order valence-corrected chi connectivity index (χ3v) is 4.37. The summed E-state index contributed by atoms with van der Waals surface area (Å²) >= 11 is 0. The summed E-state index contributed by atoms with van der Waals surface area (Å²) in [5.74, 6) is -0.483. The molecule has 3 N–H and O–H groups in total. The minimum atomic E-state index is -0.672. The van der Waals surface area contributed by atoms with Gasteiger partial charge in [0.15, 0.2) is 0 Å². The van der Waals surface area contributed by atoms with Gasteiger partial charge in [-0.3, -0.25) is 9.59 Å². The predicted octanol–water partition coefficient (Wildman–Crippen LogP) is 0.609. The van der Waals surface area contributed by atoms with Gasteiger partial charge >= 0.3 is 0 Å². The maximum Gasteiger partial charge on any atom is 0.266 e. The zero-order chi connectivity index (χ0) is 16.4. The van der Waals surface area contributed by atoms with Crippen molar-refractivity contribution < 1.29 is 19.5 Å². The molecule has 0 spiro atoms. The second kappa shape index (κ2) is 6.28. The number of rotatable bonds is 3. The topological polar surface area (TPSA) is 105 Å². The lowest BCUT2D eigenvalue weighted by molar-refractivity contribution is -0.144. The van der Waals surface area contributed by atoms with Gasteiger partial charge in [0.25, 0.3) is 5.91 Å². The van der Waals surface area contributed by atoms with Crippen molar-refractivity contribution in [3.8, 4) is 5.75 Å². The fourth-order valence-electron chi connectivity index (χ4n) is 2.97. The summed E-state index contributed by atoms with van der Waals surface area (Å²) in [5.41, 5.74) is 6.44. The van der Waals surface area contributed by atoms with Gasteiger partial charge in [0.05, 0.1) is 5.71 Å². The fourth-order valence-corrected chi connectivity index (χ4v) is 2.97. The Morgan fingerprint density at radius 1 is 1.26 bits per heavy atom. The van der Waals surface area contributed by atoms with Crippen LogP contribution in [0, 0.1) is 5.92 Å². The average Bonchev–Trinajstić information content (AvgIpc) is 3.04. The zero-order valence-electron chi connectivity index (χ0n) is 12.6. The number of aromatic hydroxyl groups is 1. The molecule has 122 valence electrons. The molecule has 1 saturated heterocycles. The summed E-state index contributed by atoms with van der Waals surface area (Å²) in [7, 11) is 0. The van der Waals surface area contributed by atoms with E-state index < -0.39 is 6.10 Å². The highest BCUT2D eigenvalue weighted by Crippen LogP contribution is 2.25. The first-order valence-electron chi connectivity index (χ1n) is 7.65. The van der Waals surface area contributed by atoms with Crippen LogP contribution < -0.4 is 5.73 Å². The molecular formula is C16H19N3O4. The third-order valence-electron chi connectivity index (χ3n) is 4.37. The molecule has 2 aliphatic rings. The van der Waals surface area contributed by atoms with E-state index in [-0.39, 0.29) is 23.5 Å². The van der Waals surface area contributed by atoms with Gasteiger partial charge in [-0.25, -0.2) is 0 Å². The molecule has 0 bridgehead atoms. The van der Waals surface area contributed by atoms with Crippen molar-refractivity contribution in [2.45, 2.75) is 25.4 Å². The molecule has 2 aliphatic heterocycles. The molecule has 1 atom stereocenters. The molecule has 1 aromatic rings. The normalized spacial score (nSPS) is 21.7. The number of oxime groups is 1. The number of para-hydroxylation sites is 1. The molecule has 7 heteroatoms. The summed E-state index contributed by atoms with van der Waals surface area (Å²) in [6.45, 7) is 0.996. The average molecular weight is 317 g/mol. The van der Waals surface area contributed by atoms with Crippen molar-refractivity contribution >= 4 is 17.5 Å². The highest BCUT2D eigenvalue weighted by molar-refractivity contribution is 6.05. The van der Waals surface area contributed by atoms with Crippen LogP contribution in [0.15, 0.2) is 29.4 Å². The summed E-state index contributed by atoms with van der Waals surface area (Å²) in [5, 5.41) is 13.8. The number of phenols is 1. The lowest BCUT2D eigenvalue weighted by Gasteiger charge is -2.31. The molecular weight excluding hydrogens is 298 g/mol. The van der Waals surface area contributed by atoms with Crippen molar-refractivity contribution in [1.29, 1.82) is 0 Å². The summed E-state index contributed by atoms with van der Waals surface area (Å²) < 4.78 is 0. The van der Waals surface area contributed by atoms with Crippen molar-refractivity contribution in [2.24, 2.45) is 16.8 Å². The molecule has 2 amide bonds. The number of primary amides is 1. The number of nitrogens with zero attached hydrogens (tertiary/aromatic N) is 2. The number of piperidine rings is 1. The highest BCUT2D eigenvalue weighted by Gasteiger charge is 2.35. The molecule has 1 aromatic carbocycles. The molecule has 7 nitrogen and oxygen atoms in total. The lowest BCUT2D eigenvalue weighted by Crippen LogP contribution is -2.45. The van der Waals surface area contributed by atoms with Gasteiger partial charge in [0, 0.05) is 31.0 Å². The summed E-state index contributed by atoms with van der Waals surface area (Å²) in [6.07, 6.45) is 0.823. The van der Waals surface area contributed by atoms with Crippen LogP contribution in [-0.4, -0.2) is 46.7 Å². The minimum absolute atomic E-state index is 0.116. The van der Waals surface area contributed by atoms with E-state index in [1.54, 1.807) is 29.2 Å². The Hall–Kier alpha value is -2.57. The quantitative estimate of drug-likeness (QED) is 0.852. The van der Waals surface area contributed by atoms with E-state index in [2.05, 4.69) is 5.16 Å². The number of nitrogens with two attached hydrogens (primary N) is 1. The molecule has 0 aliphatic carbocycles. The fraction of sp³-hybridized carbons (Fsp3) is 0.438. The predicted molar refractivity (Wildman–Crippen MR) is 82.6 cm³/mol. The number of amides is 2. The Bertz CT molecular complexity index is 650. The van der Waals surface area contributed by atoms with Gasteiger partial charge in [-0.1, -0.05) is 17.3 Å². The van der Waals surface area contributed by atoms with E-state index in [4.69, 9.17) is 10.6 Å². The Morgan fingerprint density at radius 3 is 2.61 bits per heavy atom. The van der Waals surface area contributed by atoms with Crippen LogP contribution in [0.3, 0.4) is 0 Å². The Balaban J connectivity index is 1.59. The number of carbonyl (C=O) groups is 2. The van der Waals surface area contributed by atoms with Crippen LogP contribution in [0.25, 0.3) is 0 Å². The first-order valence-corrected chi connectivity index (χ1v) is 7.65. The van der Waals surface area contributed by atoms with Crippen molar-refractivity contribution in [3.05, 3.63) is 29.8 Å². The van der Waals surface area contributed by atoms with Gasteiger partial charge in [0.1, 0.15) is 5.75 Å². The molecule has 0 unspecified atom stereocenters. The van der Waals surface area contributed by atoms with Crippen LogP contribution >= 0.6 is 0 Å². The second-order valence-corrected chi connectivity index (χ2v) is 5.86. The van der Waals surface area contributed by atoms with Crippen LogP contribution in [0.2, 0.25) is 0 Å². The van der Waals surface area contributed by atoms with E-state index >= 15 is 0 Å². The third kappa shape index (κ3) is 3.13. The van der Waals surface area contributed by atoms with Crippen LogP contribution in [-0.2, 0) is 14.4 Å². The smallest absolute Gasteiger partial charge is 0.266 e. The number of likely N-dealkylation sites (tertiary alicyclic amines) is 1. The lowest BCUT2D eigenvalue weighted by atomic mass is 9.95. The number of phenolic OH excluding ortho intramolecular Hbond substituents is 1. The van der Waals surface area contributed by atoms with E-state index in [0.717, 1.165) is 0 Å². The number of carbonyl (C=O) groups excluding carboxylic acids is 2. The van der Waals surface area contributed by atoms with Crippen molar-refractivity contribution in [1.82, 2.24) is 4.90 Å². The first kappa shape index (κ1) is 15.3. The van der Waals surface area contributed by atoms with Crippen LogP contribution in [0.1, 0.15) is 24.8 Å². The molecule has 2 heterocycles. The summed E-state index contributed by atoms with van der Waals surface area (Å²) in [4.78, 5) is 30.6. The molecule has 23 heavy (non-hydrogen) atoms. The number of benzene rings is 1. The van der Waals surface area contributed by atoms with Gasteiger partial charge in [-0.05, 0) is 25.0 Å². The SMILES string of the molecule is NC(=O)C1CCN(C(=O)[C@H]2CC(c3ccccc3O)=NO2)CC1. The standard InChI is InChI=1S/C16H19N3O4/c17-15(21)10-5-7-19(8-6-10)16(22)14-9-12(18-23-14)11-3-1-2-4-13(11)20/h1-4,10,14,20H,5-9H2,(H2,17,21)/t14-/m1/s1. The van der Waals surface area contributed by atoms with Gasteiger partial charge in [-0.15, -0.1) is 0 Å². The van der Waals surface area contributed by atoms with Crippen molar-refractivity contribution in [2.75, 3.05) is 13.1 Å². The van der Waals surface area contributed by atoms with Gasteiger partial charge < -0.3 is 20.6 Å². The second-order valence-electron chi connectivity index (χ2n) is 5.86. The van der Waals surface area contributed by atoms with Gasteiger partial charge in [0.2, 0.25) is 12.0 Å². The molecule has 3 rings (SSSR count). The van der Waals surface area contributed by atoms with Crippen molar-refractivity contribution in [3.63, 3.8) is 0 Å². The molecule has 0 aromatic heterocycles. The molecule has 0 radical (unpaired) electrons. The van der Waals surface area contributed by atoms with E-state index in [0.29, 0.717) is 43.6 Å². The molecule has 1 fully saturated rings. The number of hydrogen-bond donors (Lipinski definition) is 2. The summed E-state index contributed by atoms with van der Waals surface area (Å²) in [6, 6.07) is 6.83. The van der Waals surface area contributed by atoms with Crippen LogP contribution in [0.4, 0.5) is 0 Å². The molecule has 0 saturated carbocycles. The minimum Gasteiger partial charge on any atom is -0.507 e. The maximum absolute atomic E-state index is 12.5. The largest absolute Gasteiger partial charge is 0.507 e.